The van der Waals surface area contributed by atoms with Gasteiger partial charge in [-0.3, -0.25) is 0 Å². The summed E-state index contributed by atoms with van der Waals surface area (Å²) >= 11 is 0. The summed E-state index contributed by atoms with van der Waals surface area (Å²) in [4.78, 5) is 0. The maximum atomic E-state index is 13.0. The Hall–Kier alpha value is -0.770. The van der Waals surface area contributed by atoms with Crippen molar-refractivity contribution in [2.45, 2.75) is 31.3 Å². The quantitative estimate of drug-likeness (QED) is 0.688. The summed E-state index contributed by atoms with van der Waals surface area (Å²) in [5.74, 6) is -2.62. The average molecular weight is 206 g/mol. The summed E-state index contributed by atoms with van der Waals surface area (Å²) in [6, 6.07) is 0. The largest absolute Gasteiger partial charge is 0.385 e. The van der Waals surface area contributed by atoms with Gasteiger partial charge in [-0.15, -0.1) is 6.58 Å². The van der Waals surface area contributed by atoms with E-state index in [4.69, 9.17) is 0 Å². The van der Waals surface area contributed by atoms with Crippen molar-refractivity contribution in [1.82, 2.24) is 0 Å². The highest BCUT2D eigenvalue weighted by Crippen LogP contribution is 2.40. The van der Waals surface area contributed by atoms with Gasteiger partial charge in [0, 0.05) is 5.92 Å². The Balaban J connectivity index is 2.94. The van der Waals surface area contributed by atoms with Crippen molar-refractivity contribution < 1.29 is 18.3 Å². The highest BCUT2D eigenvalue weighted by atomic mass is 19.3. The van der Waals surface area contributed by atoms with E-state index >= 15 is 0 Å². The van der Waals surface area contributed by atoms with Crippen LogP contribution in [0.5, 0.6) is 0 Å². The summed E-state index contributed by atoms with van der Waals surface area (Å²) in [5.41, 5.74) is -1.51. The molecule has 1 aliphatic rings. The standard InChI is InChI=1S/C10H13F3O/c1-2-10(14)6-4-3-5-7(10)8(11)9(12)13/h2,7,14H,1,3-6H2. The minimum atomic E-state index is -2.34. The second kappa shape index (κ2) is 4.17. The Morgan fingerprint density at radius 1 is 1.36 bits per heavy atom. The Labute approximate surface area is 80.9 Å². The van der Waals surface area contributed by atoms with Crippen molar-refractivity contribution in [3.8, 4) is 0 Å². The molecule has 1 saturated carbocycles. The van der Waals surface area contributed by atoms with Gasteiger partial charge in [0.05, 0.1) is 5.60 Å². The van der Waals surface area contributed by atoms with Crippen LogP contribution in [0.3, 0.4) is 0 Å². The summed E-state index contributed by atoms with van der Waals surface area (Å²) in [6.07, 6.45) is 0.728. The van der Waals surface area contributed by atoms with Crippen molar-refractivity contribution >= 4 is 0 Å². The first-order valence-corrected chi connectivity index (χ1v) is 4.58. The average Bonchev–Trinajstić information content (AvgIpc) is 2.17. The van der Waals surface area contributed by atoms with E-state index in [0.29, 0.717) is 19.3 Å². The summed E-state index contributed by atoms with van der Waals surface area (Å²) in [7, 11) is 0. The van der Waals surface area contributed by atoms with E-state index in [-0.39, 0.29) is 6.42 Å². The van der Waals surface area contributed by atoms with Crippen LogP contribution in [-0.2, 0) is 0 Å². The normalized spacial score (nSPS) is 32.4. The van der Waals surface area contributed by atoms with Crippen LogP contribution in [0.2, 0.25) is 0 Å². The molecule has 0 heterocycles. The zero-order valence-corrected chi connectivity index (χ0v) is 7.77. The smallest absolute Gasteiger partial charge is 0.301 e. The second-order valence-electron chi connectivity index (χ2n) is 3.60. The van der Waals surface area contributed by atoms with Crippen LogP contribution in [0.4, 0.5) is 13.2 Å². The monoisotopic (exact) mass is 206 g/mol. The fourth-order valence-electron chi connectivity index (χ4n) is 1.90. The van der Waals surface area contributed by atoms with Crippen molar-refractivity contribution in [2.75, 3.05) is 0 Å². The molecule has 1 rings (SSSR count). The van der Waals surface area contributed by atoms with E-state index in [1.807, 2.05) is 0 Å². The summed E-state index contributed by atoms with van der Waals surface area (Å²) in [6.45, 7) is 3.36. The Kier molecular flexibility index (Phi) is 3.37. The van der Waals surface area contributed by atoms with Crippen LogP contribution in [0.25, 0.3) is 0 Å². The van der Waals surface area contributed by atoms with Crippen LogP contribution >= 0.6 is 0 Å². The molecule has 0 spiro atoms. The van der Waals surface area contributed by atoms with Crippen LogP contribution in [0.1, 0.15) is 25.7 Å². The molecule has 0 aromatic heterocycles. The molecule has 0 radical (unpaired) electrons. The SMILES string of the molecule is C=CC1(O)CCCCC1C(F)=C(F)F. The van der Waals surface area contributed by atoms with Gasteiger partial charge in [0.25, 0.3) is 0 Å². The van der Waals surface area contributed by atoms with Crippen molar-refractivity contribution in [3.05, 3.63) is 24.6 Å². The molecule has 0 bridgehead atoms. The lowest BCUT2D eigenvalue weighted by Crippen LogP contribution is -2.39. The molecule has 4 heteroatoms. The van der Waals surface area contributed by atoms with Gasteiger partial charge in [-0.25, -0.2) is 4.39 Å². The van der Waals surface area contributed by atoms with E-state index < -0.39 is 23.4 Å². The molecule has 0 saturated heterocycles. The first-order valence-electron chi connectivity index (χ1n) is 4.58. The Bertz CT molecular complexity index is 258. The first-order chi connectivity index (χ1) is 6.51. The van der Waals surface area contributed by atoms with Gasteiger partial charge < -0.3 is 5.11 Å². The zero-order valence-electron chi connectivity index (χ0n) is 7.77. The molecule has 0 aliphatic heterocycles. The molecular formula is C10H13F3O. The number of hydrogen-bond donors (Lipinski definition) is 1. The number of aliphatic hydroxyl groups is 1. The zero-order chi connectivity index (χ0) is 10.8. The van der Waals surface area contributed by atoms with Crippen molar-refractivity contribution in [2.24, 2.45) is 5.92 Å². The molecule has 0 aromatic carbocycles. The highest BCUT2D eigenvalue weighted by Gasteiger charge is 2.40. The molecule has 2 atom stereocenters. The lowest BCUT2D eigenvalue weighted by atomic mass is 9.75. The molecule has 0 amide bonds. The van der Waals surface area contributed by atoms with E-state index in [2.05, 4.69) is 6.58 Å². The minimum Gasteiger partial charge on any atom is -0.385 e. The van der Waals surface area contributed by atoms with Gasteiger partial charge in [0.1, 0.15) is 0 Å². The van der Waals surface area contributed by atoms with Gasteiger partial charge >= 0.3 is 6.08 Å². The van der Waals surface area contributed by atoms with Gasteiger partial charge in [0.15, 0.2) is 5.83 Å². The lowest BCUT2D eigenvalue weighted by Gasteiger charge is -2.36. The van der Waals surface area contributed by atoms with Crippen LogP contribution < -0.4 is 0 Å². The molecule has 1 aliphatic carbocycles. The van der Waals surface area contributed by atoms with Gasteiger partial charge in [-0.2, -0.15) is 8.78 Å². The van der Waals surface area contributed by atoms with Gasteiger partial charge in [-0.1, -0.05) is 18.9 Å². The summed E-state index contributed by atoms with van der Waals surface area (Å²) in [5, 5.41) is 9.83. The third-order valence-corrected chi connectivity index (χ3v) is 2.76. The predicted molar refractivity (Wildman–Crippen MR) is 47.5 cm³/mol. The topological polar surface area (TPSA) is 20.2 Å². The Morgan fingerprint density at radius 3 is 2.50 bits per heavy atom. The number of hydrogen-bond acceptors (Lipinski definition) is 1. The fraction of sp³-hybridized carbons (Fsp3) is 0.600. The highest BCUT2D eigenvalue weighted by molar-refractivity contribution is 5.14. The second-order valence-corrected chi connectivity index (χ2v) is 3.60. The van der Waals surface area contributed by atoms with Gasteiger partial charge in [0.2, 0.25) is 0 Å². The van der Waals surface area contributed by atoms with E-state index in [1.165, 1.54) is 6.08 Å². The molecule has 80 valence electrons. The molecule has 1 fully saturated rings. The van der Waals surface area contributed by atoms with Gasteiger partial charge in [-0.05, 0) is 12.8 Å². The predicted octanol–water partition coefficient (Wildman–Crippen LogP) is 3.17. The first kappa shape index (κ1) is 11.3. The fourth-order valence-corrected chi connectivity index (χ4v) is 1.90. The number of rotatable bonds is 2. The lowest BCUT2D eigenvalue weighted by molar-refractivity contribution is -0.000148. The van der Waals surface area contributed by atoms with Crippen LogP contribution in [-0.4, -0.2) is 10.7 Å². The maximum Gasteiger partial charge on any atom is 0.301 e. The molecule has 14 heavy (non-hydrogen) atoms. The van der Waals surface area contributed by atoms with Crippen molar-refractivity contribution in [3.63, 3.8) is 0 Å². The van der Waals surface area contributed by atoms with E-state index in [1.54, 1.807) is 0 Å². The van der Waals surface area contributed by atoms with E-state index in [9.17, 15) is 18.3 Å². The Morgan fingerprint density at radius 2 is 2.00 bits per heavy atom. The third kappa shape index (κ3) is 2.00. The third-order valence-electron chi connectivity index (χ3n) is 2.76. The number of halogens is 3. The van der Waals surface area contributed by atoms with Crippen molar-refractivity contribution in [1.29, 1.82) is 0 Å². The maximum absolute atomic E-state index is 13.0. The molecular weight excluding hydrogens is 193 g/mol. The minimum absolute atomic E-state index is 0.242. The summed E-state index contributed by atoms with van der Waals surface area (Å²) < 4.78 is 37.1. The molecule has 2 unspecified atom stereocenters. The van der Waals surface area contributed by atoms with E-state index in [0.717, 1.165) is 0 Å². The molecule has 1 N–H and O–H groups in total. The molecule has 1 nitrogen and oxygen atoms in total. The molecule has 0 aromatic rings. The van der Waals surface area contributed by atoms with Crippen LogP contribution in [0, 0.1) is 5.92 Å². The van der Waals surface area contributed by atoms with Crippen LogP contribution in [0.15, 0.2) is 24.6 Å².